The number of hydrogen-bond acceptors (Lipinski definition) is 7. The summed E-state index contributed by atoms with van der Waals surface area (Å²) in [6.45, 7) is 1.07. The first kappa shape index (κ1) is 24.9. The van der Waals surface area contributed by atoms with Crippen LogP contribution in [0, 0.1) is 5.82 Å². The smallest absolute Gasteiger partial charge is 0.270 e. The van der Waals surface area contributed by atoms with Crippen LogP contribution in [0.5, 0.6) is 11.5 Å². The molecular weight excluding hydrogens is 479 g/mol. The normalized spacial score (nSPS) is 18.6. The third kappa shape index (κ3) is 5.63. The van der Waals surface area contributed by atoms with Crippen molar-refractivity contribution >= 4 is 11.7 Å². The van der Waals surface area contributed by atoms with E-state index in [1.54, 1.807) is 24.3 Å². The first-order chi connectivity index (χ1) is 17.9. The number of phenols is 1. The molecule has 8 nitrogen and oxygen atoms in total. The highest BCUT2D eigenvalue weighted by atomic mass is 19.1. The van der Waals surface area contributed by atoms with Gasteiger partial charge in [0.05, 0.1) is 36.6 Å². The lowest BCUT2D eigenvalue weighted by Gasteiger charge is -2.28. The number of ether oxygens (including phenoxy) is 2. The topological polar surface area (TPSA) is 118 Å². The molecule has 0 spiro atoms. The van der Waals surface area contributed by atoms with E-state index in [1.165, 1.54) is 24.3 Å². The molecule has 2 aromatic carbocycles. The first-order valence-electron chi connectivity index (χ1n) is 12.2. The lowest BCUT2D eigenvalue weighted by Crippen LogP contribution is -2.48. The number of nitrogens with zero attached hydrogens (tertiary/aromatic N) is 1. The van der Waals surface area contributed by atoms with Crippen molar-refractivity contribution in [3.05, 3.63) is 88.0 Å². The highest BCUT2D eigenvalue weighted by Gasteiger charge is 2.28. The molecule has 1 fully saturated rings. The van der Waals surface area contributed by atoms with Crippen molar-refractivity contribution < 1.29 is 33.7 Å². The second-order valence-corrected chi connectivity index (χ2v) is 9.31. The number of halogens is 1. The second kappa shape index (κ2) is 10.7. The van der Waals surface area contributed by atoms with Crippen molar-refractivity contribution in [3.8, 4) is 11.5 Å². The molecule has 2 aliphatic heterocycles. The number of nitrogens with one attached hydrogen (secondary N) is 1. The lowest BCUT2D eigenvalue weighted by atomic mass is 9.98. The molecule has 2 aliphatic rings. The van der Waals surface area contributed by atoms with Gasteiger partial charge < -0.3 is 25.0 Å². The number of carbonyl (C=O) groups excluding carboxylic acids is 2. The van der Waals surface area contributed by atoms with Gasteiger partial charge >= 0.3 is 0 Å². The maximum Gasteiger partial charge on any atom is 0.270 e. The molecule has 9 heteroatoms. The number of aromatic nitrogens is 1. The molecule has 2 atom stereocenters. The van der Waals surface area contributed by atoms with Crippen molar-refractivity contribution in [3.63, 3.8) is 0 Å². The van der Waals surface area contributed by atoms with Crippen LogP contribution in [-0.2, 0) is 24.0 Å². The Morgan fingerprint density at radius 2 is 1.86 bits per heavy atom. The molecule has 0 radical (unpaired) electrons. The number of aliphatic hydroxyl groups is 1. The van der Waals surface area contributed by atoms with Gasteiger partial charge in [0.25, 0.3) is 5.91 Å². The number of benzene rings is 2. The van der Waals surface area contributed by atoms with Crippen molar-refractivity contribution in [2.75, 3.05) is 19.8 Å². The number of Topliss-reactive ketones (excluding diaryl/α,β-unsaturated/α-hetero) is 1. The summed E-state index contributed by atoms with van der Waals surface area (Å²) in [7, 11) is 0. The minimum Gasteiger partial charge on any atom is -0.508 e. The highest BCUT2D eigenvalue weighted by molar-refractivity contribution is 5.97. The van der Waals surface area contributed by atoms with Gasteiger partial charge in [0.1, 0.15) is 23.0 Å². The van der Waals surface area contributed by atoms with Gasteiger partial charge in [-0.05, 0) is 47.9 Å². The van der Waals surface area contributed by atoms with Crippen molar-refractivity contribution in [2.45, 2.75) is 37.8 Å². The van der Waals surface area contributed by atoms with E-state index in [-0.39, 0.29) is 42.2 Å². The average molecular weight is 507 g/mol. The van der Waals surface area contributed by atoms with Gasteiger partial charge in [-0.15, -0.1) is 0 Å². The lowest BCUT2D eigenvalue weighted by molar-refractivity contribution is -0.0261. The number of ketones is 1. The molecule has 1 aromatic heterocycles. The average Bonchev–Trinajstić information content (AvgIpc) is 3.36. The molecule has 1 saturated heterocycles. The maximum absolute atomic E-state index is 14.9. The molecule has 1 amide bonds. The second-order valence-electron chi connectivity index (χ2n) is 9.31. The molecule has 0 bridgehead atoms. The Labute approximate surface area is 213 Å². The molecule has 0 saturated carbocycles. The van der Waals surface area contributed by atoms with Crippen LogP contribution in [0.4, 0.5) is 4.39 Å². The van der Waals surface area contributed by atoms with Crippen LogP contribution in [0.3, 0.4) is 0 Å². The largest absolute Gasteiger partial charge is 0.508 e. The Bertz CT molecular complexity index is 1330. The van der Waals surface area contributed by atoms with E-state index in [4.69, 9.17) is 9.47 Å². The van der Waals surface area contributed by atoms with Crippen LogP contribution < -0.4 is 10.1 Å². The van der Waals surface area contributed by atoms with Crippen LogP contribution in [0.1, 0.15) is 49.7 Å². The van der Waals surface area contributed by atoms with Crippen LogP contribution >= 0.6 is 0 Å². The summed E-state index contributed by atoms with van der Waals surface area (Å²) in [6.07, 6.45) is 0.581. The molecule has 5 rings (SSSR count). The molecule has 0 aliphatic carbocycles. The van der Waals surface area contributed by atoms with E-state index < -0.39 is 23.9 Å². The third-order valence-corrected chi connectivity index (χ3v) is 6.61. The fraction of sp³-hybridized carbons (Fsp3) is 0.321. The summed E-state index contributed by atoms with van der Waals surface area (Å²) < 4.78 is 25.9. The maximum atomic E-state index is 14.9. The van der Waals surface area contributed by atoms with Gasteiger partial charge in [-0.1, -0.05) is 18.2 Å². The van der Waals surface area contributed by atoms with E-state index in [9.17, 15) is 24.2 Å². The van der Waals surface area contributed by atoms with Crippen LogP contribution in [0.2, 0.25) is 0 Å². The monoisotopic (exact) mass is 506 g/mol. The minimum absolute atomic E-state index is 0.0110. The summed E-state index contributed by atoms with van der Waals surface area (Å²) in [5.74, 6) is -0.699. The molecular formula is C28H27FN2O6. The number of fused-ring (bicyclic) bond motifs is 1. The zero-order valence-corrected chi connectivity index (χ0v) is 20.1. The predicted molar refractivity (Wildman–Crippen MR) is 131 cm³/mol. The number of aromatic hydroxyl groups is 1. The fourth-order valence-corrected chi connectivity index (χ4v) is 4.63. The van der Waals surface area contributed by atoms with Gasteiger partial charge in [0.2, 0.25) is 0 Å². The van der Waals surface area contributed by atoms with E-state index in [2.05, 4.69) is 10.3 Å². The summed E-state index contributed by atoms with van der Waals surface area (Å²) in [4.78, 5) is 30.0. The summed E-state index contributed by atoms with van der Waals surface area (Å²) in [5, 5.41) is 22.3. The molecule has 37 heavy (non-hydrogen) atoms. The van der Waals surface area contributed by atoms with Crippen LogP contribution in [-0.4, -0.2) is 58.9 Å². The number of amides is 1. The number of carbonyl (C=O) groups is 2. The Hall–Kier alpha value is -3.82. The Kier molecular flexibility index (Phi) is 7.16. The van der Waals surface area contributed by atoms with Crippen LogP contribution in [0.15, 0.2) is 48.5 Å². The van der Waals surface area contributed by atoms with Gasteiger partial charge in [0.15, 0.2) is 5.78 Å². The Morgan fingerprint density at radius 3 is 2.62 bits per heavy atom. The molecule has 0 unspecified atom stereocenters. The zero-order chi connectivity index (χ0) is 25.9. The van der Waals surface area contributed by atoms with Crippen molar-refractivity contribution in [2.24, 2.45) is 0 Å². The van der Waals surface area contributed by atoms with E-state index in [1.807, 2.05) is 0 Å². The van der Waals surface area contributed by atoms with Gasteiger partial charge in [-0.3, -0.25) is 9.59 Å². The fourth-order valence-electron chi connectivity index (χ4n) is 4.63. The van der Waals surface area contributed by atoms with Crippen molar-refractivity contribution in [1.82, 2.24) is 10.3 Å². The van der Waals surface area contributed by atoms with E-state index in [0.717, 1.165) is 0 Å². The highest BCUT2D eigenvalue weighted by Crippen LogP contribution is 2.31. The number of hydrogen-bond donors (Lipinski definition) is 3. The minimum atomic E-state index is -0.784. The summed E-state index contributed by atoms with van der Waals surface area (Å²) >= 11 is 0. The summed E-state index contributed by atoms with van der Waals surface area (Å²) in [6, 6.07) is 11.9. The quantitative estimate of drug-likeness (QED) is 0.422. The predicted octanol–water partition coefficient (Wildman–Crippen LogP) is 2.76. The number of rotatable bonds is 7. The standard InChI is InChI=1S/C28H27FN2O6/c29-21-12-17(3-6-20(21)25(33)13-16-1-4-19(32)5-2-16)11-18-14-24(30-23-8-10-37-27(18)23)28(35)31-22-7-9-36-15-26(22)34/h1-6,12,14,22,26,32,34H,7-11,13,15H2,(H,31,35)/t22-,26-/m0/s1. The third-order valence-electron chi connectivity index (χ3n) is 6.61. The number of phenolic OH excluding ortho intramolecular Hbond substituents is 1. The van der Waals surface area contributed by atoms with Gasteiger partial charge in [-0.2, -0.15) is 0 Å². The van der Waals surface area contributed by atoms with Crippen LogP contribution in [0.25, 0.3) is 0 Å². The van der Waals surface area contributed by atoms with Gasteiger partial charge in [0, 0.05) is 31.4 Å². The zero-order valence-electron chi connectivity index (χ0n) is 20.1. The van der Waals surface area contributed by atoms with Gasteiger partial charge in [-0.25, -0.2) is 9.37 Å². The Morgan fingerprint density at radius 1 is 1.08 bits per heavy atom. The van der Waals surface area contributed by atoms with Crippen molar-refractivity contribution in [1.29, 1.82) is 0 Å². The number of pyridine rings is 1. The molecule has 3 heterocycles. The molecule has 3 aromatic rings. The summed E-state index contributed by atoms with van der Waals surface area (Å²) in [5.41, 5.74) is 2.85. The van der Waals surface area contributed by atoms with E-state index >= 15 is 0 Å². The number of aliphatic hydroxyl groups excluding tert-OH is 1. The molecule has 192 valence electrons. The SMILES string of the molecule is O=C(N[C@H]1CCOC[C@@H]1O)c1cc(Cc2ccc(C(=O)Cc3ccc(O)cc3)c(F)c2)c2c(n1)CCO2. The Balaban J connectivity index is 1.33. The molecule has 3 N–H and O–H groups in total. The first-order valence-corrected chi connectivity index (χ1v) is 12.2. The van der Waals surface area contributed by atoms with E-state index in [0.29, 0.717) is 54.2 Å².